The Hall–Kier alpha value is -4.40. The fraction of sp³-hybridized carbons (Fsp3) is 0.130. The summed E-state index contributed by atoms with van der Waals surface area (Å²) in [6.07, 6.45) is 0. The van der Waals surface area contributed by atoms with Crippen LogP contribution in [0.5, 0.6) is 17.2 Å². The first kappa shape index (κ1) is 22.3. The number of nitrogens with zero attached hydrogens (tertiary/aromatic N) is 1. The lowest BCUT2D eigenvalue weighted by molar-refractivity contribution is -0.384. The number of carbonyl (C=O) groups is 2. The Morgan fingerprint density at radius 3 is 2.41 bits per heavy atom. The Bertz CT molecular complexity index is 1140. The van der Waals surface area contributed by atoms with Crippen molar-refractivity contribution < 1.29 is 28.7 Å². The lowest BCUT2D eigenvalue weighted by atomic mass is 10.2. The van der Waals surface area contributed by atoms with Crippen molar-refractivity contribution in [3.8, 4) is 17.2 Å². The van der Waals surface area contributed by atoms with Crippen molar-refractivity contribution in [1.82, 2.24) is 0 Å². The summed E-state index contributed by atoms with van der Waals surface area (Å²) in [6.45, 7) is 1.35. The number of benzene rings is 3. The summed E-state index contributed by atoms with van der Waals surface area (Å²) in [5.41, 5.74) is 1.02. The number of hydrogen-bond donors (Lipinski definition) is 1. The molecule has 0 aliphatic heterocycles. The molecule has 0 radical (unpaired) electrons. The Kier molecular flexibility index (Phi) is 7.02. The van der Waals surface area contributed by atoms with Gasteiger partial charge >= 0.3 is 5.97 Å². The van der Waals surface area contributed by atoms with Gasteiger partial charge in [0.05, 0.1) is 17.7 Å². The van der Waals surface area contributed by atoms with Crippen molar-refractivity contribution in [2.75, 3.05) is 19.0 Å². The summed E-state index contributed by atoms with van der Waals surface area (Å²) in [6, 6.07) is 17.7. The van der Waals surface area contributed by atoms with Crippen LogP contribution >= 0.6 is 0 Å². The predicted octanol–water partition coefficient (Wildman–Crippen LogP) is 4.50. The van der Waals surface area contributed by atoms with Crippen LogP contribution in [0.2, 0.25) is 0 Å². The van der Waals surface area contributed by atoms with Crippen molar-refractivity contribution in [2.45, 2.75) is 6.92 Å². The third-order valence-electron chi connectivity index (χ3n) is 4.36. The highest BCUT2D eigenvalue weighted by molar-refractivity contribution is 5.97. The molecule has 0 aliphatic rings. The van der Waals surface area contributed by atoms with Crippen LogP contribution in [-0.4, -0.2) is 30.5 Å². The van der Waals surface area contributed by atoms with Crippen LogP contribution in [0.4, 0.5) is 11.4 Å². The van der Waals surface area contributed by atoms with E-state index in [9.17, 15) is 19.7 Å². The molecule has 0 atom stereocenters. The van der Waals surface area contributed by atoms with Gasteiger partial charge in [0.15, 0.2) is 12.4 Å². The Morgan fingerprint density at radius 1 is 1.00 bits per heavy atom. The van der Waals surface area contributed by atoms with Crippen molar-refractivity contribution >= 4 is 23.3 Å². The molecule has 0 heterocycles. The van der Waals surface area contributed by atoms with E-state index in [-0.39, 0.29) is 17.0 Å². The van der Waals surface area contributed by atoms with Crippen LogP contribution in [0.25, 0.3) is 0 Å². The third-order valence-corrected chi connectivity index (χ3v) is 4.36. The highest BCUT2D eigenvalue weighted by Gasteiger charge is 2.20. The largest absolute Gasteiger partial charge is 0.496 e. The predicted molar refractivity (Wildman–Crippen MR) is 116 cm³/mol. The standard InChI is InChI=1S/C23H20N2O7/c1-15-7-10-17(11-8-15)32-21-6-4-3-5-19(21)24-22(26)14-31-23(27)18-13-16(25(28)29)9-12-20(18)30-2/h3-13H,14H2,1-2H3,(H,24,26). The van der Waals surface area contributed by atoms with Crippen LogP contribution in [0.1, 0.15) is 15.9 Å². The molecule has 0 saturated carbocycles. The zero-order chi connectivity index (χ0) is 23.1. The molecule has 1 N–H and O–H groups in total. The van der Waals surface area contributed by atoms with Gasteiger partial charge in [-0.1, -0.05) is 29.8 Å². The molecule has 3 aromatic carbocycles. The number of carbonyl (C=O) groups excluding carboxylic acids is 2. The number of nitro groups is 1. The molecule has 0 unspecified atom stereocenters. The molecule has 0 spiro atoms. The first-order chi connectivity index (χ1) is 15.4. The Morgan fingerprint density at radius 2 is 1.72 bits per heavy atom. The summed E-state index contributed by atoms with van der Waals surface area (Å²) in [7, 11) is 1.32. The second-order valence-electron chi connectivity index (χ2n) is 6.68. The van der Waals surface area contributed by atoms with Gasteiger partial charge in [0, 0.05) is 12.1 Å². The minimum atomic E-state index is -0.926. The van der Waals surface area contributed by atoms with Crippen LogP contribution < -0.4 is 14.8 Å². The number of anilines is 1. The molecular weight excluding hydrogens is 416 g/mol. The number of nitro benzene ring substituents is 1. The Labute approximate surface area is 183 Å². The van der Waals surface area contributed by atoms with Crippen molar-refractivity contribution in [3.05, 3.63) is 88.0 Å². The van der Waals surface area contributed by atoms with E-state index in [1.807, 2.05) is 31.2 Å². The molecule has 1 amide bonds. The lowest BCUT2D eigenvalue weighted by Gasteiger charge is -2.13. The molecule has 32 heavy (non-hydrogen) atoms. The maximum absolute atomic E-state index is 12.4. The van der Waals surface area contributed by atoms with Gasteiger partial charge in [0.25, 0.3) is 11.6 Å². The van der Waals surface area contributed by atoms with Crippen LogP contribution in [0, 0.1) is 17.0 Å². The van der Waals surface area contributed by atoms with Gasteiger partial charge in [0.1, 0.15) is 17.1 Å². The number of nitrogens with one attached hydrogen (secondary N) is 1. The van der Waals surface area contributed by atoms with E-state index in [1.165, 1.54) is 19.2 Å². The van der Waals surface area contributed by atoms with E-state index >= 15 is 0 Å². The number of amides is 1. The molecule has 0 aliphatic carbocycles. The molecule has 9 nitrogen and oxygen atoms in total. The lowest BCUT2D eigenvalue weighted by Crippen LogP contribution is -2.21. The number of hydrogen-bond acceptors (Lipinski definition) is 7. The van der Waals surface area contributed by atoms with Crippen molar-refractivity contribution in [2.24, 2.45) is 0 Å². The second-order valence-corrected chi connectivity index (χ2v) is 6.68. The van der Waals surface area contributed by atoms with Crippen molar-refractivity contribution in [3.63, 3.8) is 0 Å². The van der Waals surface area contributed by atoms with E-state index in [2.05, 4.69) is 5.32 Å². The molecule has 3 aromatic rings. The zero-order valence-electron chi connectivity index (χ0n) is 17.4. The first-order valence-electron chi connectivity index (χ1n) is 9.50. The van der Waals surface area contributed by atoms with Crippen molar-refractivity contribution in [1.29, 1.82) is 0 Å². The quantitative estimate of drug-likeness (QED) is 0.314. The molecule has 9 heteroatoms. The number of ether oxygens (including phenoxy) is 3. The summed E-state index contributed by atoms with van der Waals surface area (Å²) in [4.78, 5) is 35.0. The summed E-state index contributed by atoms with van der Waals surface area (Å²) >= 11 is 0. The third kappa shape index (κ3) is 5.60. The maximum atomic E-state index is 12.4. The normalized spacial score (nSPS) is 10.2. The highest BCUT2D eigenvalue weighted by Crippen LogP contribution is 2.29. The maximum Gasteiger partial charge on any atom is 0.342 e. The monoisotopic (exact) mass is 436 g/mol. The van der Waals surface area contributed by atoms with E-state index < -0.39 is 23.4 Å². The first-order valence-corrected chi connectivity index (χ1v) is 9.50. The van der Waals surface area contributed by atoms with Gasteiger partial charge in [-0.05, 0) is 37.3 Å². The van der Waals surface area contributed by atoms with Crippen LogP contribution in [0.3, 0.4) is 0 Å². The average Bonchev–Trinajstić information content (AvgIpc) is 2.79. The molecule has 0 fully saturated rings. The average molecular weight is 436 g/mol. The van der Waals surface area contributed by atoms with E-state index in [0.29, 0.717) is 17.2 Å². The number of methoxy groups -OCH3 is 1. The van der Waals surface area contributed by atoms with Gasteiger partial charge in [-0.25, -0.2) is 4.79 Å². The topological polar surface area (TPSA) is 117 Å². The van der Waals surface area contributed by atoms with E-state index in [4.69, 9.17) is 14.2 Å². The molecule has 0 bridgehead atoms. The zero-order valence-corrected chi connectivity index (χ0v) is 17.4. The van der Waals surface area contributed by atoms with Gasteiger partial charge in [0.2, 0.25) is 0 Å². The van der Waals surface area contributed by atoms with Gasteiger partial charge in [-0.3, -0.25) is 14.9 Å². The van der Waals surface area contributed by atoms with Gasteiger partial charge < -0.3 is 19.5 Å². The minimum absolute atomic E-state index is 0.0952. The number of rotatable bonds is 8. The van der Waals surface area contributed by atoms with E-state index in [1.54, 1.807) is 24.3 Å². The highest BCUT2D eigenvalue weighted by atomic mass is 16.6. The number of para-hydroxylation sites is 2. The van der Waals surface area contributed by atoms with Gasteiger partial charge in [-0.2, -0.15) is 0 Å². The van der Waals surface area contributed by atoms with E-state index in [0.717, 1.165) is 11.6 Å². The minimum Gasteiger partial charge on any atom is -0.496 e. The number of esters is 1. The summed E-state index contributed by atoms with van der Waals surface area (Å²) in [5.74, 6) is -0.427. The second kappa shape index (κ2) is 10.1. The Balaban J connectivity index is 1.66. The molecule has 0 saturated heterocycles. The molecule has 164 valence electrons. The molecular formula is C23H20N2O7. The fourth-order valence-electron chi connectivity index (χ4n) is 2.76. The van der Waals surface area contributed by atoms with Gasteiger partial charge in [-0.15, -0.1) is 0 Å². The van der Waals surface area contributed by atoms with Crippen LogP contribution in [-0.2, 0) is 9.53 Å². The summed E-state index contributed by atoms with van der Waals surface area (Å²) < 4.78 is 15.9. The summed E-state index contributed by atoms with van der Waals surface area (Å²) in [5, 5.41) is 13.6. The molecule has 0 aromatic heterocycles. The number of aryl methyl sites for hydroxylation is 1. The smallest absolute Gasteiger partial charge is 0.342 e. The van der Waals surface area contributed by atoms with Crippen LogP contribution in [0.15, 0.2) is 66.7 Å². The fourth-order valence-corrected chi connectivity index (χ4v) is 2.76. The molecule has 3 rings (SSSR count). The SMILES string of the molecule is COc1ccc([N+](=O)[O-])cc1C(=O)OCC(=O)Nc1ccccc1Oc1ccc(C)cc1. The number of non-ortho nitro benzene ring substituents is 1.